The first-order valence-electron chi connectivity index (χ1n) is 11.7. The van der Waals surface area contributed by atoms with E-state index in [0.717, 1.165) is 5.39 Å². The van der Waals surface area contributed by atoms with E-state index in [0.29, 0.717) is 65.7 Å². The first-order valence-corrected chi connectivity index (χ1v) is 11.7. The van der Waals surface area contributed by atoms with Gasteiger partial charge in [-0.1, -0.05) is 0 Å². The van der Waals surface area contributed by atoms with Gasteiger partial charge >= 0.3 is 0 Å². The van der Waals surface area contributed by atoms with Gasteiger partial charge in [0, 0.05) is 31.3 Å². The Morgan fingerprint density at radius 3 is 2.46 bits per heavy atom. The third-order valence-corrected chi connectivity index (χ3v) is 6.46. The summed E-state index contributed by atoms with van der Waals surface area (Å²) in [6.07, 6.45) is 0.954. The number of fused-ring (bicyclic) bond motifs is 2. The second-order valence-corrected chi connectivity index (χ2v) is 9.11. The van der Waals surface area contributed by atoms with Crippen molar-refractivity contribution in [1.82, 2.24) is 15.2 Å². The summed E-state index contributed by atoms with van der Waals surface area (Å²) >= 11 is 0. The Kier molecular flexibility index (Phi) is 5.70. The summed E-state index contributed by atoms with van der Waals surface area (Å²) in [6, 6.07) is 10.7. The van der Waals surface area contributed by atoms with Crippen molar-refractivity contribution in [2.24, 2.45) is 0 Å². The number of methoxy groups -OCH3 is 2. The van der Waals surface area contributed by atoms with Gasteiger partial charge in [-0.2, -0.15) is 0 Å². The van der Waals surface area contributed by atoms with Gasteiger partial charge in [0.2, 0.25) is 0 Å². The lowest BCUT2D eigenvalue weighted by Crippen LogP contribution is -2.61. The van der Waals surface area contributed by atoms with E-state index in [1.54, 1.807) is 43.4 Å². The van der Waals surface area contributed by atoms with Crippen LogP contribution in [-0.2, 0) is 0 Å². The molecule has 184 valence electrons. The second-order valence-electron chi connectivity index (χ2n) is 9.11. The molecule has 0 aliphatic carbocycles. The number of amides is 2. The van der Waals surface area contributed by atoms with Gasteiger partial charge in [0.25, 0.3) is 11.8 Å². The molecular weight excluding hydrogens is 450 g/mol. The van der Waals surface area contributed by atoms with Crippen molar-refractivity contribution in [3.05, 3.63) is 47.7 Å². The molecule has 3 aromatic rings. The monoisotopic (exact) mass is 479 g/mol. The highest BCUT2D eigenvalue weighted by molar-refractivity contribution is 6.02. The Labute approximate surface area is 203 Å². The van der Waals surface area contributed by atoms with Crippen molar-refractivity contribution in [3.63, 3.8) is 0 Å². The van der Waals surface area contributed by atoms with Crippen molar-refractivity contribution in [1.29, 1.82) is 0 Å². The van der Waals surface area contributed by atoms with Gasteiger partial charge in [-0.15, -0.1) is 0 Å². The maximum Gasteiger partial charge on any atom is 0.270 e. The molecule has 9 nitrogen and oxygen atoms in total. The van der Waals surface area contributed by atoms with Gasteiger partial charge in [-0.3, -0.25) is 9.59 Å². The summed E-state index contributed by atoms with van der Waals surface area (Å²) in [7, 11) is 3.18. The van der Waals surface area contributed by atoms with Crippen LogP contribution in [0, 0.1) is 0 Å². The predicted molar refractivity (Wildman–Crippen MR) is 130 cm³/mol. The molecule has 5 rings (SSSR count). The van der Waals surface area contributed by atoms with Gasteiger partial charge in [-0.25, -0.2) is 0 Å². The number of nitrogens with zero attached hydrogens (tertiary/aromatic N) is 1. The van der Waals surface area contributed by atoms with Crippen LogP contribution in [0.3, 0.4) is 0 Å². The van der Waals surface area contributed by atoms with Gasteiger partial charge < -0.3 is 34.1 Å². The van der Waals surface area contributed by atoms with Crippen LogP contribution in [0.1, 0.15) is 47.5 Å². The lowest BCUT2D eigenvalue weighted by molar-refractivity contribution is -0.0247. The summed E-state index contributed by atoms with van der Waals surface area (Å²) < 4.78 is 22.8. The van der Waals surface area contributed by atoms with Crippen LogP contribution in [-0.4, -0.2) is 60.8 Å². The maximum atomic E-state index is 13.3. The van der Waals surface area contributed by atoms with Crippen LogP contribution in [0.5, 0.6) is 23.0 Å². The van der Waals surface area contributed by atoms with Gasteiger partial charge in [-0.05, 0) is 50.2 Å². The molecule has 0 radical (unpaired) electrons. The quantitative estimate of drug-likeness (QED) is 0.578. The first-order chi connectivity index (χ1) is 16.8. The van der Waals surface area contributed by atoms with Crippen molar-refractivity contribution in [2.75, 3.05) is 27.3 Å². The Balaban J connectivity index is 1.32. The SMILES string of the molecule is COc1ccc(OC)c2[nH]c(C(=O)N3CCC4(CC3)NC(=O)c3cc(OC(C)C)ccc3O4)cc12. The molecule has 9 heteroatoms. The fraction of sp³-hybridized carbons (Fsp3) is 0.385. The lowest BCUT2D eigenvalue weighted by atomic mass is 9.96. The summed E-state index contributed by atoms with van der Waals surface area (Å²) in [5.41, 5.74) is 0.779. The molecule has 2 amide bonds. The molecule has 0 saturated carbocycles. The first kappa shape index (κ1) is 22.9. The number of hydrogen-bond donors (Lipinski definition) is 2. The average molecular weight is 480 g/mol. The van der Waals surface area contributed by atoms with E-state index in [1.807, 2.05) is 26.0 Å². The van der Waals surface area contributed by atoms with E-state index >= 15 is 0 Å². The minimum Gasteiger partial charge on any atom is -0.496 e. The molecule has 1 saturated heterocycles. The molecule has 35 heavy (non-hydrogen) atoms. The van der Waals surface area contributed by atoms with Crippen LogP contribution in [0.4, 0.5) is 0 Å². The number of carbonyl (C=O) groups is 2. The molecule has 1 fully saturated rings. The summed E-state index contributed by atoms with van der Waals surface area (Å²) in [5, 5.41) is 3.81. The maximum absolute atomic E-state index is 13.3. The standard InChI is InChI=1S/C26H29N3O6/c1-15(2)34-16-5-6-21-18(13-16)24(30)28-26(35-21)9-11-29(12-10-26)25(31)19-14-17-20(32-3)7-8-22(33-4)23(17)27-19/h5-8,13-15,27H,9-12H2,1-4H3,(H,28,30). The minimum atomic E-state index is -0.839. The number of aromatic amines is 1. The van der Waals surface area contributed by atoms with Gasteiger partial charge in [0.15, 0.2) is 5.72 Å². The number of benzene rings is 2. The number of likely N-dealkylation sites (tertiary alicyclic amines) is 1. The highest BCUT2D eigenvalue weighted by Crippen LogP contribution is 2.37. The molecule has 1 spiro atoms. The van der Waals surface area contributed by atoms with E-state index in [1.165, 1.54) is 0 Å². The lowest BCUT2D eigenvalue weighted by Gasteiger charge is -2.44. The van der Waals surface area contributed by atoms with Crippen LogP contribution in [0.15, 0.2) is 36.4 Å². The molecular formula is C26H29N3O6. The number of piperidine rings is 1. The van der Waals surface area contributed by atoms with E-state index in [-0.39, 0.29) is 17.9 Å². The normalized spacial score (nSPS) is 16.6. The largest absolute Gasteiger partial charge is 0.496 e. The summed E-state index contributed by atoms with van der Waals surface area (Å²) in [6.45, 7) is 4.74. The van der Waals surface area contributed by atoms with E-state index in [2.05, 4.69) is 10.3 Å². The fourth-order valence-electron chi connectivity index (χ4n) is 4.73. The number of nitrogens with one attached hydrogen (secondary N) is 2. The number of ether oxygens (including phenoxy) is 4. The third-order valence-electron chi connectivity index (χ3n) is 6.46. The Morgan fingerprint density at radius 1 is 1.06 bits per heavy atom. The Hall–Kier alpha value is -3.88. The fourth-order valence-corrected chi connectivity index (χ4v) is 4.73. The predicted octanol–water partition coefficient (Wildman–Crippen LogP) is 3.73. The summed E-state index contributed by atoms with van der Waals surface area (Å²) in [5.74, 6) is 2.12. The van der Waals surface area contributed by atoms with Gasteiger partial charge in [0.05, 0.1) is 31.4 Å². The molecule has 2 aromatic carbocycles. The molecule has 1 aromatic heterocycles. The zero-order chi connectivity index (χ0) is 24.7. The Morgan fingerprint density at radius 2 is 1.77 bits per heavy atom. The number of rotatable bonds is 5. The number of carbonyl (C=O) groups excluding carboxylic acids is 2. The highest BCUT2D eigenvalue weighted by Gasteiger charge is 2.43. The average Bonchev–Trinajstić information content (AvgIpc) is 3.29. The number of aromatic nitrogens is 1. The topological polar surface area (TPSA) is 102 Å². The second kappa shape index (κ2) is 8.72. The molecule has 0 atom stereocenters. The molecule has 3 heterocycles. The van der Waals surface area contributed by atoms with Crippen LogP contribution in [0.2, 0.25) is 0 Å². The van der Waals surface area contributed by atoms with Crippen molar-refractivity contribution >= 4 is 22.7 Å². The molecule has 0 bridgehead atoms. The van der Waals surface area contributed by atoms with Crippen molar-refractivity contribution in [3.8, 4) is 23.0 Å². The van der Waals surface area contributed by atoms with Crippen LogP contribution in [0.25, 0.3) is 10.9 Å². The van der Waals surface area contributed by atoms with Crippen molar-refractivity contribution < 1.29 is 28.5 Å². The Bertz CT molecular complexity index is 1250. The van der Waals surface area contributed by atoms with Crippen LogP contribution >= 0.6 is 0 Å². The summed E-state index contributed by atoms with van der Waals surface area (Å²) in [4.78, 5) is 31.1. The minimum absolute atomic E-state index is 0.00765. The molecule has 2 aliphatic rings. The molecule has 0 unspecified atom stereocenters. The highest BCUT2D eigenvalue weighted by atomic mass is 16.5. The third kappa shape index (κ3) is 4.11. The number of hydrogen-bond acceptors (Lipinski definition) is 6. The number of H-pyrrole nitrogens is 1. The molecule has 2 aliphatic heterocycles. The molecule has 2 N–H and O–H groups in total. The van der Waals surface area contributed by atoms with Crippen LogP contribution < -0.4 is 24.3 Å². The van der Waals surface area contributed by atoms with Crippen molar-refractivity contribution in [2.45, 2.75) is 38.5 Å². The zero-order valence-electron chi connectivity index (χ0n) is 20.3. The van der Waals surface area contributed by atoms with E-state index in [9.17, 15) is 9.59 Å². The van der Waals surface area contributed by atoms with E-state index in [4.69, 9.17) is 18.9 Å². The zero-order valence-corrected chi connectivity index (χ0v) is 20.3. The van der Waals surface area contributed by atoms with Gasteiger partial charge in [0.1, 0.15) is 28.7 Å². The smallest absolute Gasteiger partial charge is 0.270 e. The van der Waals surface area contributed by atoms with E-state index < -0.39 is 5.72 Å².